The van der Waals surface area contributed by atoms with Crippen molar-refractivity contribution in [1.29, 1.82) is 0 Å². The molecule has 2 heterocycles. The van der Waals surface area contributed by atoms with Crippen molar-refractivity contribution in [3.8, 4) is 11.5 Å². The normalized spacial score (nSPS) is 12.5. The first-order valence-corrected chi connectivity index (χ1v) is 9.44. The van der Waals surface area contributed by atoms with Crippen LogP contribution in [0.2, 0.25) is 0 Å². The number of guanidine groups is 1. The summed E-state index contributed by atoms with van der Waals surface area (Å²) in [4.78, 5) is 13.4. The molecule has 1 aliphatic rings. The number of rotatable bonds is 6. The van der Waals surface area contributed by atoms with Gasteiger partial charge in [-0.15, -0.1) is 35.3 Å². The second kappa shape index (κ2) is 9.98. The molecule has 0 saturated carbocycles. The van der Waals surface area contributed by atoms with Gasteiger partial charge in [0.2, 0.25) is 6.79 Å². The first-order chi connectivity index (χ1) is 12.6. The predicted octanol–water partition coefficient (Wildman–Crippen LogP) is 3.15. The zero-order chi connectivity index (χ0) is 18.5. The number of nitrogens with zero attached hydrogens (tertiary/aromatic N) is 4. The fraction of sp³-hybridized carbons (Fsp3) is 0.444. The van der Waals surface area contributed by atoms with Gasteiger partial charge in [-0.2, -0.15) is 0 Å². The van der Waals surface area contributed by atoms with Gasteiger partial charge in [0, 0.05) is 39.6 Å². The maximum absolute atomic E-state index is 5.46. The monoisotopic (exact) mass is 503 g/mol. The summed E-state index contributed by atoms with van der Waals surface area (Å²) in [5.74, 6) is 2.46. The van der Waals surface area contributed by atoms with E-state index in [0.717, 1.165) is 46.9 Å². The Hall–Kier alpha value is -1.75. The number of thiazole rings is 1. The van der Waals surface area contributed by atoms with Gasteiger partial charge in [0.15, 0.2) is 22.6 Å². The molecule has 1 aromatic carbocycles. The molecule has 2 aromatic rings. The summed E-state index contributed by atoms with van der Waals surface area (Å²) < 4.78 is 10.8. The van der Waals surface area contributed by atoms with Crippen molar-refractivity contribution in [3.63, 3.8) is 0 Å². The van der Waals surface area contributed by atoms with E-state index in [1.165, 1.54) is 0 Å². The lowest BCUT2D eigenvalue weighted by Crippen LogP contribution is -2.38. The Morgan fingerprint density at radius 1 is 1.26 bits per heavy atom. The molecule has 1 aliphatic heterocycles. The molecular weight excluding hydrogens is 477 g/mol. The van der Waals surface area contributed by atoms with Crippen molar-refractivity contribution >= 4 is 46.4 Å². The van der Waals surface area contributed by atoms with Gasteiger partial charge < -0.3 is 24.6 Å². The zero-order valence-corrected chi connectivity index (χ0v) is 19.2. The molecule has 0 radical (unpaired) electrons. The van der Waals surface area contributed by atoms with Gasteiger partial charge >= 0.3 is 0 Å². The average Bonchev–Trinajstić information content (AvgIpc) is 3.27. The molecule has 0 saturated heterocycles. The zero-order valence-electron chi connectivity index (χ0n) is 16.1. The molecule has 7 nitrogen and oxygen atoms in total. The van der Waals surface area contributed by atoms with Crippen LogP contribution in [0.15, 0.2) is 28.6 Å². The van der Waals surface area contributed by atoms with Crippen LogP contribution in [0, 0.1) is 0 Å². The van der Waals surface area contributed by atoms with Gasteiger partial charge in [0.25, 0.3) is 0 Å². The number of nitrogens with one attached hydrogen (secondary N) is 1. The lowest BCUT2D eigenvalue weighted by molar-refractivity contribution is 0.174. The fourth-order valence-electron chi connectivity index (χ4n) is 2.59. The van der Waals surface area contributed by atoms with Crippen molar-refractivity contribution in [2.75, 3.05) is 39.4 Å². The number of benzene rings is 1. The highest BCUT2D eigenvalue weighted by Crippen LogP contribution is 2.32. The second-order valence-electron chi connectivity index (χ2n) is 6.23. The molecule has 0 spiro atoms. The highest BCUT2D eigenvalue weighted by Gasteiger charge is 2.15. The third-order valence-electron chi connectivity index (χ3n) is 3.87. The third-order valence-corrected chi connectivity index (χ3v) is 4.92. The molecule has 1 N–H and O–H groups in total. The van der Waals surface area contributed by atoms with Gasteiger partial charge in [0.1, 0.15) is 0 Å². The molecule has 0 fully saturated rings. The maximum atomic E-state index is 5.46. The number of fused-ring (bicyclic) bond motifs is 1. The van der Waals surface area contributed by atoms with E-state index in [-0.39, 0.29) is 24.0 Å². The van der Waals surface area contributed by atoms with E-state index in [1.54, 1.807) is 11.3 Å². The highest BCUT2D eigenvalue weighted by molar-refractivity contribution is 14.0. The summed E-state index contributed by atoms with van der Waals surface area (Å²) >= 11 is 1.63. The Balaban J connectivity index is 0.00000261. The average molecular weight is 503 g/mol. The lowest BCUT2D eigenvalue weighted by Gasteiger charge is -2.22. The van der Waals surface area contributed by atoms with Gasteiger partial charge in [-0.05, 0) is 24.6 Å². The van der Waals surface area contributed by atoms with Gasteiger partial charge in [-0.25, -0.2) is 9.98 Å². The van der Waals surface area contributed by atoms with E-state index >= 15 is 0 Å². The minimum Gasteiger partial charge on any atom is -0.454 e. The summed E-state index contributed by atoms with van der Waals surface area (Å²) in [6, 6.07) is 6.02. The minimum absolute atomic E-state index is 0. The van der Waals surface area contributed by atoms with Gasteiger partial charge in [0.05, 0.1) is 12.2 Å². The molecule has 0 bridgehead atoms. The topological polar surface area (TPSA) is 62.2 Å². The third kappa shape index (κ3) is 5.61. The Kier molecular flexibility index (Phi) is 7.96. The molecule has 9 heteroatoms. The highest BCUT2D eigenvalue weighted by atomic mass is 127. The SMILES string of the molecule is CCNC(=NCc1csc(N(C)C)n1)N(C)Cc1ccc2c(c1)OCO2.I. The van der Waals surface area contributed by atoms with Gasteiger partial charge in [-0.3, -0.25) is 0 Å². The first-order valence-electron chi connectivity index (χ1n) is 8.56. The maximum Gasteiger partial charge on any atom is 0.231 e. The molecule has 1 aromatic heterocycles. The summed E-state index contributed by atoms with van der Waals surface area (Å²) in [7, 11) is 6.02. The van der Waals surface area contributed by atoms with Crippen LogP contribution in [0.1, 0.15) is 18.2 Å². The summed E-state index contributed by atoms with van der Waals surface area (Å²) in [6.45, 7) is 4.45. The number of aliphatic imine (C=N–C) groups is 1. The fourth-order valence-corrected chi connectivity index (χ4v) is 3.34. The van der Waals surface area contributed by atoms with E-state index in [4.69, 9.17) is 14.5 Å². The number of anilines is 1. The molecule has 148 valence electrons. The summed E-state index contributed by atoms with van der Waals surface area (Å²) in [5.41, 5.74) is 2.12. The van der Waals surface area contributed by atoms with E-state index in [0.29, 0.717) is 13.3 Å². The largest absolute Gasteiger partial charge is 0.454 e. The molecule has 0 aliphatic carbocycles. The van der Waals surface area contributed by atoms with Crippen LogP contribution in [0.5, 0.6) is 11.5 Å². The van der Waals surface area contributed by atoms with Crippen molar-refractivity contribution in [2.24, 2.45) is 4.99 Å². The molecule has 27 heavy (non-hydrogen) atoms. The summed E-state index contributed by atoms with van der Waals surface area (Å²) in [6.07, 6.45) is 0. The lowest BCUT2D eigenvalue weighted by atomic mass is 10.2. The van der Waals surface area contributed by atoms with Crippen LogP contribution in [0.4, 0.5) is 5.13 Å². The number of hydrogen-bond acceptors (Lipinski definition) is 6. The van der Waals surface area contributed by atoms with Crippen LogP contribution in [-0.4, -0.2) is 50.3 Å². The van der Waals surface area contributed by atoms with Crippen LogP contribution in [0.25, 0.3) is 0 Å². The van der Waals surface area contributed by atoms with Crippen LogP contribution in [-0.2, 0) is 13.1 Å². The molecular formula is C18H26IN5O2S. The Labute approximate surface area is 181 Å². The number of halogens is 1. The minimum atomic E-state index is 0. The van der Waals surface area contributed by atoms with Crippen molar-refractivity contribution in [1.82, 2.24) is 15.2 Å². The predicted molar refractivity (Wildman–Crippen MR) is 121 cm³/mol. The van der Waals surface area contributed by atoms with Crippen molar-refractivity contribution in [2.45, 2.75) is 20.0 Å². The van der Waals surface area contributed by atoms with Crippen LogP contribution >= 0.6 is 35.3 Å². The van der Waals surface area contributed by atoms with Crippen LogP contribution < -0.4 is 19.7 Å². The van der Waals surface area contributed by atoms with Gasteiger partial charge in [-0.1, -0.05) is 6.07 Å². The smallest absolute Gasteiger partial charge is 0.231 e. The quantitative estimate of drug-likeness (QED) is 0.372. The van der Waals surface area contributed by atoms with E-state index in [1.807, 2.05) is 38.2 Å². The van der Waals surface area contributed by atoms with E-state index in [9.17, 15) is 0 Å². The van der Waals surface area contributed by atoms with Crippen molar-refractivity contribution in [3.05, 3.63) is 34.8 Å². The Morgan fingerprint density at radius 3 is 2.74 bits per heavy atom. The number of aromatic nitrogens is 1. The van der Waals surface area contributed by atoms with E-state index < -0.39 is 0 Å². The summed E-state index contributed by atoms with van der Waals surface area (Å²) in [5, 5.41) is 6.39. The Bertz CT molecular complexity index is 781. The number of hydrogen-bond donors (Lipinski definition) is 1. The van der Waals surface area contributed by atoms with E-state index in [2.05, 4.69) is 33.6 Å². The molecule has 0 unspecified atom stereocenters. The standard InChI is InChI=1S/C18H25N5O2S.HI/c1-5-19-17(20-9-14-11-26-18(21-14)22(2)3)23(4)10-13-6-7-15-16(8-13)25-12-24-15;/h6-8,11H,5,9-10,12H2,1-4H3,(H,19,20);1H. The molecule has 3 rings (SSSR count). The first kappa shape index (κ1) is 21.5. The van der Waals surface area contributed by atoms with Crippen molar-refractivity contribution < 1.29 is 9.47 Å². The number of ether oxygens (including phenoxy) is 2. The molecule has 0 atom stereocenters. The van der Waals surface area contributed by atoms with Crippen LogP contribution in [0.3, 0.4) is 0 Å². The second-order valence-corrected chi connectivity index (χ2v) is 7.07. The molecule has 0 amide bonds. The Morgan fingerprint density at radius 2 is 2.04 bits per heavy atom.